The number of hydrogen-bond acceptors (Lipinski definition) is 5. The summed E-state index contributed by atoms with van der Waals surface area (Å²) in [4.78, 5) is 30.3. The molecule has 2 aromatic heterocycles. The van der Waals surface area contributed by atoms with E-state index in [0.29, 0.717) is 18.9 Å². The van der Waals surface area contributed by atoms with Gasteiger partial charge in [-0.15, -0.1) is 0 Å². The SMILES string of the molecule is O=C1CCCCC(CN2CC(Cn3nc(-c4ccncc4)ccc3=O)C2)N1. The minimum Gasteiger partial charge on any atom is -0.352 e. The number of hydrogen-bond donors (Lipinski definition) is 1. The minimum absolute atomic E-state index is 0.0673. The zero-order chi connectivity index (χ0) is 18.6. The quantitative estimate of drug-likeness (QED) is 0.862. The summed E-state index contributed by atoms with van der Waals surface area (Å²) in [6.45, 7) is 3.42. The highest BCUT2D eigenvalue weighted by Crippen LogP contribution is 2.20. The lowest BCUT2D eigenvalue weighted by atomic mass is 9.98. The van der Waals surface area contributed by atoms with Crippen LogP contribution < -0.4 is 10.9 Å². The molecule has 1 unspecified atom stereocenters. The van der Waals surface area contributed by atoms with E-state index in [4.69, 9.17) is 0 Å². The van der Waals surface area contributed by atoms with E-state index in [1.807, 2.05) is 12.1 Å². The van der Waals surface area contributed by atoms with Gasteiger partial charge < -0.3 is 10.2 Å². The first-order chi connectivity index (χ1) is 13.2. The number of likely N-dealkylation sites (tertiary alicyclic amines) is 1. The normalized spacial score (nSPS) is 21.3. The molecule has 7 heteroatoms. The van der Waals surface area contributed by atoms with Gasteiger partial charge in [-0.2, -0.15) is 5.10 Å². The molecule has 2 saturated heterocycles. The number of carbonyl (C=O) groups excluding carboxylic acids is 1. The van der Waals surface area contributed by atoms with Crippen molar-refractivity contribution in [1.29, 1.82) is 0 Å². The second kappa shape index (κ2) is 8.00. The molecule has 1 atom stereocenters. The van der Waals surface area contributed by atoms with Crippen LogP contribution in [-0.4, -0.2) is 51.2 Å². The molecule has 1 N–H and O–H groups in total. The van der Waals surface area contributed by atoms with Gasteiger partial charge in [0.1, 0.15) is 0 Å². The van der Waals surface area contributed by atoms with Crippen molar-refractivity contribution in [2.24, 2.45) is 5.92 Å². The Balaban J connectivity index is 1.33. The summed E-state index contributed by atoms with van der Waals surface area (Å²) in [6, 6.07) is 7.39. The highest BCUT2D eigenvalue weighted by atomic mass is 16.1. The van der Waals surface area contributed by atoms with Crippen LogP contribution in [0.1, 0.15) is 25.7 Å². The number of amides is 1. The molecule has 0 bridgehead atoms. The van der Waals surface area contributed by atoms with Crippen LogP contribution in [0.15, 0.2) is 41.5 Å². The summed E-state index contributed by atoms with van der Waals surface area (Å²) in [5, 5.41) is 7.65. The highest BCUT2D eigenvalue weighted by Gasteiger charge is 2.30. The Kier molecular flexibility index (Phi) is 5.29. The van der Waals surface area contributed by atoms with Crippen molar-refractivity contribution in [2.45, 2.75) is 38.3 Å². The smallest absolute Gasteiger partial charge is 0.266 e. The zero-order valence-corrected chi connectivity index (χ0v) is 15.4. The standard InChI is InChI=1S/C20H25N5O2/c26-19-4-2-1-3-17(22-19)14-24-11-15(12-24)13-25-20(27)6-5-18(23-25)16-7-9-21-10-8-16/h5-10,15,17H,1-4,11-14H2,(H,22,26). The molecule has 0 radical (unpaired) electrons. The van der Waals surface area contributed by atoms with Gasteiger partial charge in [-0.25, -0.2) is 4.68 Å². The molecule has 4 heterocycles. The monoisotopic (exact) mass is 367 g/mol. The van der Waals surface area contributed by atoms with Gasteiger partial charge in [0.25, 0.3) is 5.56 Å². The van der Waals surface area contributed by atoms with Crippen molar-refractivity contribution < 1.29 is 4.79 Å². The van der Waals surface area contributed by atoms with Crippen molar-refractivity contribution in [3.8, 4) is 11.3 Å². The van der Waals surface area contributed by atoms with Gasteiger partial charge in [-0.1, -0.05) is 6.42 Å². The highest BCUT2D eigenvalue weighted by molar-refractivity contribution is 5.76. The Hall–Kier alpha value is -2.54. The van der Waals surface area contributed by atoms with E-state index in [9.17, 15) is 9.59 Å². The Morgan fingerprint density at radius 2 is 1.85 bits per heavy atom. The van der Waals surface area contributed by atoms with E-state index < -0.39 is 0 Å². The Labute approximate surface area is 158 Å². The minimum atomic E-state index is -0.0673. The second-order valence-corrected chi connectivity index (χ2v) is 7.57. The van der Waals surface area contributed by atoms with Crippen molar-refractivity contribution >= 4 is 5.91 Å². The molecule has 7 nitrogen and oxygen atoms in total. The molecule has 2 fully saturated rings. The third kappa shape index (κ3) is 4.42. The summed E-state index contributed by atoms with van der Waals surface area (Å²) in [5.41, 5.74) is 1.68. The summed E-state index contributed by atoms with van der Waals surface area (Å²) < 4.78 is 1.57. The third-order valence-corrected chi connectivity index (χ3v) is 5.36. The molecular formula is C20H25N5O2. The Morgan fingerprint density at radius 3 is 2.67 bits per heavy atom. The van der Waals surface area contributed by atoms with Crippen molar-refractivity contribution in [1.82, 2.24) is 25.0 Å². The molecule has 2 aromatic rings. The van der Waals surface area contributed by atoms with Gasteiger partial charge >= 0.3 is 0 Å². The van der Waals surface area contributed by atoms with Gasteiger partial charge in [0, 0.05) is 62.0 Å². The molecule has 27 heavy (non-hydrogen) atoms. The summed E-state index contributed by atoms with van der Waals surface area (Å²) in [5.74, 6) is 0.600. The van der Waals surface area contributed by atoms with E-state index in [1.165, 1.54) is 0 Å². The molecule has 0 aromatic carbocycles. The third-order valence-electron chi connectivity index (χ3n) is 5.36. The van der Waals surface area contributed by atoms with E-state index in [2.05, 4.69) is 20.3 Å². The van der Waals surface area contributed by atoms with Crippen LogP contribution in [0.2, 0.25) is 0 Å². The molecule has 0 spiro atoms. The van der Waals surface area contributed by atoms with Crippen molar-refractivity contribution in [3.05, 3.63) is 47.0 Å². The lowest BCUT2D eigenvalue weighted by Crippen LogP contribution is -2.54. The topological polar surface area (TPSA) is 80.1 Å². The van der Waals surface area contributed by atoms with Crippen molar-refractivity contribution in [2.75, 3.05) is 19.6 Å². The van der Waals surface area contributed by atoms with Crippen LogP contribution >= 0.6 is 0 Å². The van der Waals surface area contributed by atoms with Crippen molar-refractivity contribution in [3.63, 3.8) is 0 Å². The van der Waals surface area contributed by atoms with Gasteiger partial charge in [-0.05, 0) is 31.0 Å². The Morgan fingerprint density at radius 1 is 1.04 bits per heavy atom. The van der Waals surface area contributed by atoms with E-state index in [0.717, 1.165) is 50.2 Å². The maximum absolute atomic E-state index is 12.2. The van der Waals surface area contributed by atoms with Crippen LogP contribution in [0.5, 0.6) is 0 Å². The molecule has 0 saturated carbocycles. The van der Waals surface area contributed by atoms with Crippen LogP contribution in [0.3, 0.4) is 0 Å². The number of aromatic nitrogens is 3. The van der Waals surface area contributed by atoms with E-state index in [1.54, 1.807) is 29.2 Å². The first kappa shape index (κ1) is 17.9. The van der Waals surface area contributed by atoms with Gasteiger partial charge in [0.2, 0.25) is 5.91 Å². The number of carbonyl (C=O) groups is 1. The molecule has 2 aliphatic rings. The van der Waals surface area contributed by atoms with Crippen LogP contribution in [0.25, 0.3) is 11.3 Å². The maximum Gasteiger partial charge on any atom is 0.266 e. The molecule has 142 valence electrons. The fraction of sp³-hybridized carbons (Fsp3) is 0.500. The first-order valence-corrected chi connectivity index (χ1v) is 9.67. The van der Waals surface area contributed by atoms with E-state index >= 15 is 0 Å². The van der Waals surface area contributed by atoms with Gasteiger partial charge in [0.05, 0.1) is 12.2 Å². The maximum atomic E-state index is 12.2. The first-order valence-electron chi connectivity index (χ1n) is 9.67. The van der Waals surface area contributed by atoms with Crippen LogP contribution in [0, 0.1) is 5.92 Å². The molecule has 2 aliphatic heterocycles. The lowest BCUT2D eigenvalue weighted by Gasteiger charge is -2.41. The average Bonchev–Trinajstić information content (AvgIpc) is 2.86. The number of rotatable bonds is 5. The fourth-order valence-corrected chi connectivity index (χ4v) is 3.94. The summed E-state index contributed by atoms with van der Waals surface area (Å²) in [6.07, 6.45) is 7.27. The Bertz CT molecular complexity index is 845. The molecule has 0 aliphatic carbocycles. The predicted octanol–water partition coefficient (Wildman–Crippen LogP) is 1.30. The molecular weight excluding hydrogens is 342 g/mol. The average molecular weight is 367 g/mol. The number of nitrogens with one attached hydrogen (secondary N) is 1. The molecule has 4 rings (SSSR count). The summed E-state index contributed by atoms with van der Waals surface area (Å²) in [7, 11) is 0. The van der Waals surface area contributed by atoms with E-state index in [-0.39, 0.29) is 17.5 Å². The van der Waals surface area contributed by atoms with Gasteiger partial charge in [-0.3, -0.25) is 14.6 Å². The number of pyridine rings is 1. The van der Waals surface area contributed by atoms with Crippen LogP contribution in [-0.2, 0) is 11.3 Å². The zero-order valence-electron chi connectivity index (χ0n) is 15.4. The van der Waals surface area contributed by atoms with Gasteiger partial charge in [0.15, 0.2) is 0 Å². The predicted molar refractivity (Wildman–Crippen MR) is 102 cm³/mol. The number of nitrogens with zero attached hydrogens (tertiary/aromatic N) is 4. The fourth-order valence-electron chi connectivity index (χ4n) is 3.94. The second-order valence-electron chi connectivity index (χ2n) is 7.57. The van der Waals surface area contributed by atoms with Crippen LogP contribution in [0.4, 0.5) is 0 Å². The molecule has 1 amide bonds. The summed E-state index contributed by atoms with van der Waals surface area (Å²) >= 11 is 0. The largest absolute Gasteiger partial charge is 0.352 e. The lowest BCUT2D eigenvalue weighted by molar-refractivity contribution is -0.121.